The summed E-state index contributed by atoms with van der Waals surface area (Å²) in [6, 6.07) is 7.70. The van der Waals surface area contributed by atoms with Crippen molar-refractivity contribution in [2.45, 2.75) is 51.1 Å². The van der Waals surface area contributed by atoms with Gasteiger partial charge in [-0.2, -0.15) is 4.98 Å². The lowest BCUT2D eigenvalue weighted by atomic mass is 9.86. The minimum Gasteiger partial charge on any atom is -0.362 e. The molecule has 1 unspecified atom stereocenters. The Morgan fingerprint density at radius 2 is 1.91 bits per heavy atom. The van der Waals surface area contributed by atoms with Gasteiger partial charge in [0.2, 0.25) is 17.8 Å². The molecular formula is C25H34N8O2. The second kappa shape index (κ2) is 11.2. The van der Waals surface area contributed by atoms with Crippen LogP contribution in [0.1, 0.15) is 38.3 Å². The van der Waals surface area contributed by atoms with Crippen molar-refractivity contribution in [1.82, 2.24) is 30.6 Å². The van der Waals surface area contributed by atoms with E-state index >= 15 is 0 Å². The molecule has 1 aromatic carbocycles. The van der Waals surface area contributed by atoms with E-state index in [1.807, 2.05) is 43.3 Å². The molecule has 10 heteroatoms. The zero-order valence-corrected chi connectivity index (χ0v) is 20.5. The van der Waals surface area contributed by atoms with Gasteiger partial charge in [0, 0.05) is 51.6 Å². The number of carbonyl (C=O) groups is 2. The number of H-pyrrole nitrogens is 1. The van der Waals surface area contributed by atoms with Gasteiger partial charge in [0.25, 0.3) is 0 Å². The van der Waals surface area contributed by atoms with E-state index in [1.165, 1.54) is 6.92 Å². The summed E-state index contributed by atoms with van der Waals surface area (Å²) < 4.78 is 0. The Kier molecular flexibility index (Phi) is 7.79. The molecule has 0 spiro atoms. The quantitative estimate of drug-likeness (QED) is 0.371. The van der Waals surface area contributed by atoms with E-state index < -0.39 is 6.04 Å². The van der Waals surface area contributed by atoms with Crippen LogP contribution in [0.2, 0.25) is 0 Å². The maximum absolute atomic E-state index is 12.8. The Bertz CT molecular complexity index is 1140. The Balaban J connectivity index is 1.29. The number of carbonyl (C=O) groups excluding carboxylic acids is 2. The van der Waals surface area contributed by atoms with E-state index in [0.29, 0.717) is 30.9 Å². The molecule has 1 aliphatic carbocycles. The normalized spacial score (nSPS) is 18.6. The summed E-state index contributed by atoms with van der Waals surface area (Å²) in [5, 5.41) is 10.3. The topological polar surface area (TPSA) is 128 Å². The lowest BCUT2D eigenvalue weighted by molar-refractivity contribution is -0.128. The number of hydrogen-bond donors (Lipinski definition) is 4. The van der Waals surface area contributed by atoms with Gasteiger partial charge in [-0.3, -0.25) is 9.59 Å². The minimum absolute atomic E-state index is 0.177. The average molecular weight is 479 g/mol. The van der Waals surface area contributed by atoms with Crippen LogP contribution in [0.3, 0.4) is 0 Å². The second-order valence-corrected chi connectivity index (χ2v) is 9.41. The van der Waals surface area contributed by atoms with Gasteiger partial charge in [-0.1, -0.05) is 12.1 Å². The summed E-state index contributed by atoms with van der Waals surface area (Å²) in [7, 11) is 3.98. The molecule has 186 valence electrons. The molecule has 35 heavy (non-hydrogen) atoms. The van der Waals surface area contributed by atoms with Crippen LogP contribution in [-0.4, -0.2) is 64.5 Å². The highest BCUT2D eigenvalue weighted by atomic mass is 16.2. The number of aromatic nitrogens is 4. The van der Waals surface area contributed by atoms with Crippen LogP contribution in [0.15, 0.2) is 36.8 Å². The van der Waals surface area contributed by atoms with Crippen molar-refractivity contribution in [1.29, 1.82) is 0 Å². The van der Waals surface area contributed by atoms with E-state index in [1.54, 1.807) is 12.5 Å². The third kappa shape index (κ3) is 6.46. The summed E-state index contributed by atoms with van der Waals surface area (Å²) in [4.78, 5) is 42.8. The smallest absolute Gasteiger partial charge is 0.242 e. The molecule has 4 rings (SSSR count). The number of amides is 2. The molecule has 2 amide bonds. The Morgan fingerprint density at radius 1 is 1.14 bits per heavy atom. The van der Waals surface area contributed by atoms with Crippen LogP contribution >= 0.6 is 0 Å². The molecule has 2 heterocycles. The van der Waals surface area contributed by atoms with Crippen LogP contribution in [0.25, 0.3) is 10.9 Å². The number of hydrogen-bond acceptors (Lipinski definition) is 7. The lowest BCUT2D eigenvalue weighted by Gasteiger charge is -2.30. The number of benzene rings is 1. The average Bonchev–Trinajstić information content (AvgIpc) is 3.35. The van der Waals surface area contributed by atoms with E-state index in [4.69, 9.17) is 9.97 Å². The second-order valence-electron chi connectivity index (χ2n) is 9.41. The molecule has 10 nitrogen and oxygen atoms in total. The molecule has 0 bridgehead atoms. The maximum atomic E-state index is 12.8. The SMILES string of the molecule is CC(=O)NC(Cc1c[nH]cn1)C(=O)NC[C@H]1CC[C@@H](Nc2nc(N(C)C)c3ccccc3n2)CC1. The van der Waals surface area contributed by atoms with E-state index in [9.17, 15) is 9.59 Å². The third-order valence-corrected chi connectivity index (χ3v) is 6.41. The van der Waals surface area contributed by atoms with Gasteiger partial charge in [-0.15, -0.1) is 0 Å². The number of nitrogens with one attached hydrogen (secondary N) is 4. The van der Waals surface area contributed by atoms with E-state index in [2.05, 4.69) is 25.9 Å². The summed E-state index contributed by atoms with van der Waals surface area (Å²) in [6.07, 6.45) is 7.61. The van der Waals surface area contributed by atoms with Gasteiger partial charge in [0.1, 0.15) is 11.9 Å². The zero-order chi connectivity index (χ0) is 24.8. The van der Waals surface area contributed by atoms with Gasteiger partial charge in [0.05, 0.1) is 17.5 Å². The molecule has 0 radical (unpaired) electrons. The highest BCUT2D eigenvalue weighted by molar-refractivity contribution is 5.90. The molecule has 1 atom stereocenters. The van der Waals surface area contributed by atoms with Crippen molar-refractivity contribution in [3.05, 3.63) is 42.5 Å². The van der Waals surface area contributed by atoms with Crippen LogP contribution in [0, 0.1) is 5.92 Å². The minimum atomic E-state index is -0.634. The van der Waals surface area contributed by atoms with Crippen LogP contribution in [-0.2, 0) is 16.0 Å². The van der Waals surface area contributed by atoms with Gasteiger partial charge in [-0.05, 0) is 43.7 Å². The fourth-order valence-corrected chi connectivity index (χ4v) is 4.59. The summed E-state index contributed by atoms with van der Waals surface area (Å²) in [5.41, 5.74) is 1.66. The Morgan fingerprint density at radius 3 is 2.60 bits per heavy atom. The van der Waals surface area contributed by atoms with Crippen molar-refractivity contribution in [3.63, 3.8) is 0 Å². The van der Waals surface area contributed by atoms with Crippen molar-refractivity contribution < 1.29 is 9.59 Å². The molecule has 4 N–H and O–H groups in total. The van der Waals surface area contributed by atoms with E-state index in [0.717, 1.165) is 48.1 Å². The number of aromatic amines is 1. The monoisotopic (exact) mass is 478 g/mol. The first kappa shape index (κ1) is 24.4. The first-order valence-corrected chi connectivity index (χ1v) is 12.1. The highest BCUT2D eigenvalue weighted by Crippen LogP contribution is 2.28. The molecule has 1 aliphatic rings. The predicted octanol–water partition coefficient (Wildman–Crippen LogP) is 2.25. The molecule has 0 aliphatic heterocycles. The number of para-hydroxylation sites is 1. The molecule has 0 saturated heterocycles. The molecule has 1 fully saturated rings. The summed E-state index contributed by atoms with van der Waals surface area (Å²) in [6.45, 7) is 2.01. The van der Waals surface area contributed by atoms with Crippen LogP contribution in [0.5, 0.6) is 0 Å². The highest BCUT2D eigenvalue weighted by Gasteiger charge is 2.25. The van der Waals surface area contributed by atoms with Crippen molar-refractivity contribution in [2.24, 2.45) is 5.92 Å². The fraction of sp³-hybridized carbons (Fsp3) is 0.480. The maximum Gasteiger partial charge on any atom is 0.242 e. The molecular weight excluding hydrogens is 444 g/mol. The van der Waals surface area contributed by atoms with Crippen LogP contribution < -0.4 is 20.9 Å². The Labute approximate surface area is 205 Å². The predicted molar refractivity (Wildman–Crippen MR) is 136 cm³/mol. The first-order chi connectivity index (χ1) is 16.9. The zero-order valence-electron chi connectivity index (χ0n) is 20.5. The molecule has 3 aromatic rings. The first-order valence-electron chi connectivity index (χ1n) is 12.1. The lowest BCUT2D eigenvalue weighted by Crippen LogP contribution is -2.48. The van der Waals surface area contributed by atoms with Gasteiger partial charge >= 0.3 is 0 Å². The molecule has 1 saturated carbocycles. The number of fused-ring (bicyclic) bond motifs is 1. The number of rotatable bonds is 9. The fourth-order valence-electron chi connectivity index (χ4n) is 4.59. The molecule has 2 aromatic heterocycles. The standard InChI is InChI=1S/C25H34N8O2/c1-16(34)29-22(12-19-14-26-15-28-19)24(35)27-13-17-8-10-18(11-9-17)30-25-31-21-7-5-4-6-20(21)23(32-25)33(2)3/h4-7,14-15,17-18,22H,8-13H2,1-3H3,(H,26,28)(H,27,35)(H,29,34)(H,30,31,32)/t17-,18+,22?. The Hall–Kier alpha value is -3.69. The van der Waals surface area contributed by atoms with Crippen molar-refractivity contribution >= 4 is 34.5 Å². The van der Waals surface area contributed by atoms with E-state index in [-0.39, 0.29) is 11.8 Å². The van der Waals surface area contributed by atoms with Crippen molar-refractivity contribution in [2.75, 3.05) is 30.9 Å². The third-order valence-electron chi connectivity index (χ3n) is 6.41. The van der Waals surface area contributed by atoms with Crippen molar-refractivity contribution in [3.8, 4) is 0 Å². The summed E-state index contributed by atoms with van der Waals surface area (Å²) in [5.74, 6) is 1.54. The number of nitrogens with zero attached hydrogens (tertiary/aromatic N) is 4. The largest absolute Gasteiger partial charge is 0.362 e. The summed E-state index contributed by atoms with van der Waals surface area (Å²) >= 11 is 0. The van der Waals surface area contributed by atoms with Crippen LogP contribution in [0.4, 0.5) is 11.8 Å². The number of anilines is 2. The van der Waals surface area contributed by atoms with Gasteiger partial charge in [-0.25, -0.2) is 9.97 Å². The van der Waals surface area contributed by atoms with Gasteiger partial charge in [0.15, 0.2) is 0 Å². The van der Waals surface area contributed by atoms with Gasteiger partial charge < -0.3 is 25.8 Å². The number of imidazole rings is 1.